The normalized spacial score (nSPS) is 14.2. The Hall–Kier alpha value is -4.06. The molecule has 1 fully saturated rings. The minimum Gasteiger partial charge on any atom is -0.494 e. The summed E-state index contributed by atoms with van der Waals surface area (Å²) >= 11 is 3.57. The molecule has 0 saturated carbocycles. The zero-order chi connectivity index (χ0) is 31.0. The molecule has 6 rings (SSSR count). The van der Waals surface area contributed by atoms with Gasteiger partial charge in [0.05, 0.1) is 40.0 Å². The average Bonchev–Trinajstić information content (AvgIpc) is 3.44. The summed E-state index contributed by atoms with van der Waals surface area (Å²) in [5.41, 5.74) is 5.75. The van der Waals surface area contributed by atoms with E-state index in [1.807, 2.05) is 31.6 Å². The van der Waals surface area contributed by atoms with Crippen LogP contribution in [0.15, 0.2) is 59.7 Å². The lowest BCUT2D eigenvalue weighted by Crippen LogP contribution is -2.44. The van der Waals surface area contributed by atoms with Gasteiger partial charge in [0.15, 0.2) is 0 Å². The Morgan fingerprint density at radius 1 is 0.955 bits per heavy atom. The standard InChI is InChI=1S/C30H34BrN10O2P/c1-39-10-12-41(13-11-39)25-15-26(43-3)24(14-20(25)19-16-35-40(2)18-19)37-30-34-17-21(31)29(38-30)36-23-7-6-22-27(33-9-8-32-22)28(23)44(4,5)42/h6-9,14-18H,10-13H2,1-5H3,(H2,34,36,37,38). The van der Waals surface area contributed by atoms with Gasteiger partial charge in [0.1, 0.15) is 24.2 Å². The number of aryl methyl sites for hydroxylation is 1. The molecule has 0 amide bonds. The summed E-state index contributed by atoms with van der Waals surface area (Å²) in [5, 5.41) is 11.8. The summed E-state index contributed by atoms with van der Waals surface area (Å²) in [7, 11) is 2.96. The number of benzene rings is 2. The van der Waals surface area contributed by atoms with Crippen LogP contribution in [-0.4, -0.2) is 88.3 Å². The summed E-state index contributed by atoms with van der Waals surface area (Å²) in [4.78, 5) is 22.9. The molecule has 0 spiro atoms. The molecule has 2 aromatic carbocycles. The van der Waals surface area contributed by atoms with Gasteiger partial charge in [-0.25, -0.2) is 4.98 Å². The maximum absolute atomic E-state index is 13.4. The third-order valence-corrected chi connectivity index (χ3v) is 9.68. The monoisotopic (exact) mass is 676 g/mol. The van der Waals surface area contributed by atoms with Crippen LogP contribution >= 0.6 is 23.1 Å². The van der Waals surface area contributed by atoms with Crippen molar-refractivity contribution in [1.82, 2.24) is 34.6 Å². The molecule has 1 aliphatic rings. The van der Waals surface area contributed by atoms with E-state index in [0.29, 0.717) is 49.7 Å². The fourth-order valence-electron chi connectivity index (χ4n) is 5.37. The summed E-state index contributed by atoms with van der Waals surface area (Å²) < 4.78 is 21.7. The van der Waals surface area contributed by atoms with Gasteiger partial charge in [0.2, 0.25) is 5.95 Å². The third kappa shape index (κ3) is 6.12. The Kier molecular flexibility index (Phi) is 8.28. The molecule has 0 unspecified atom stereocenters. The first-order chi connectivity index (χ1) is 21.1. The Morgan fingerprint density at radius 3 is 2.43 bits per heavy atom. The fraction of sp³-hybridized carbons (Fsp3) is 0.300. The SMILES string of the molecule is COc1cc(N2CCN(C)CC2)c(-c2cnn(C)c2)cc1Nc1ncc(Br)c(Nc2ccc3nccnc3c2P(C)(C)=O)n1. The maximum Gasteiger partial charge on any atom is 0.229 e. The Balaban J connectivity index is 1.37. The molecule has 1 saturated heterocycles. The van der Waals surface area contributed by atoms with Gasteiger partial charge in [-0.1, -0.05) is 0 Å². The van der Waals surface area contributed by atoms with E-state index in [4.69, 9.17) is 9.72 Å². The van der Waals surface area contributed by atoms with E-state index >= 15 is 0 Å². The Bertz CT molecular complexity index is 1880. The van der Waals surface area contributed by atoms with Crippen LogP contribution in [0, 0.1) is 0 Å². The number of piperazine rings is 1. The van der Waals surface area contributed by atoms with E-state index in [1.165, 1.54) is 0 Å². The van der Waals surface area contributed by atoms with Crippen molar-refractivity contribution in [3.63, 3.8) is 0 Å². The molecule has 0 aliphatic carbocycles. The lowest BCUT2D eigenvalue weighted by atomic mass is 10.0. The molecule has 2 N–H and O–H groups in total. The molecule has 14 heteroatoms. The van der Waals surface area contributed by atoms with Gasteiger partial charge < -0.3 is 29.7 Å². The Labute approximate surface area is 264 Å². The van der Waals surface area contributed by atoms with Gasteiger partial charge in [-0.05, 0) is 54.5 Å². The number of methoxy groups -OCH3 is 1. The van der Waals surface area contributed by atoms with Crippen LogP contribution in [0.5, 0.6) is 5.75 Å². The lowest BCUT2D eigenvalue weighted by Gasteiger charge is -2.35. The molecule has 3 aromatic heterocycles. The van der Waals surface area contributed by atoms with Crippen LogP contribution in [0.2, 0.25) is 0 Å². The fourth-order valence-corrected chi connectivity index (χ4v) is 7.05. The molecule has 5 aromatic rings. The second kappa shape index (κ2) is 12.1. The van der Waals surface area contributed by atoms with Gasteiger partial charge in [0.25, 0.3) is 0 Å². The zero-order valence-electron chi connectivity index (χ0n) is 25.2. The number of anilines is 5. The van der Waals surface area contributed by atoms with Crippen LogP contribution in [0.3, 0.4) is 0 Å². The summed E-state index contributed by atoms with van der Waals surface area (Å²) in [6, 6.07) is 7.84. The number of ether oxygens (including phenoxy) is 1. The van der Waals surface area contributed by atoms with Gasteiger partial charge >= 0.3 is 0 Å². The molecule has 0 atom stereocenters. The predicted molar refractivity (Wildman–Crippen MR) is 180 cm³/mol. The summed E-state index contributed by atoms with van der Waals surface area (Å²) in [6.45, 7) is 7.23. The minimum absolute atomic E-state index is 0.358. The molecule has 228 valence electrons. The zero-order valence-corrected chi connectivity index (χ0v) is 27.7. The Morgan fingerprint density at radius 2 is 1.73 bits per heavy atom. The first-order valence-electron chi connectivity index (χ1n) is 14.1. The van der Waals surface area contributed by atoms with Crippen LogP contribution in [0.25, 0.3) is 22.2 Å². The average molecular weight is 678 g/mol. The van der Waals surface area contributed by atoms with Gasteiger partial charge in [-0.3, -0.25) is 14.6 Å². The van der Waals surface area contributed by atoms with Crippen LogP contribution in [0.1, 0.15) is 0 Å². The van der Waals surface area contributed by atoms with Crippen molar-refractivity contribution in [2.24, 2.45) is 7.05 Å². The van der Waals surface area contributed by atoms with Gasteiger partial charge in [0, 0.05) is 80.9 Å². The molecule has 0 bridgehead atoms. The number of nitrogens with one attached hydrogen (secondary N) is 2. The number of nitrogens with zero attached hydrogens (tertiary/aromatic N) is 8. The van der Waals surface area contributed by atoms with Gasteiger partial charge in [-0.2, -0.15) is 10.1 Å². The van der Waals surface area contributed by atoms with Crippen LogP contribution < -0.4 is 25.6 Å². The van der Waals surface area contributed by atoms with E-state index < -0.39 is 7.14 Å². The highest BCUT2D eigenvalue weighted by Gasteiger charge is 2.24. The van der Waals surface area contributed by atoms with Crippen LogP contribution in [-0.2, 0) is 11.6 Å². The van der Waals surface area contributed by atoms with Crippen molar-refractivity contribution in [2.45, 2.75) is 0 Å². The van der Waals surface area contributed by atoms with Crippen molar-refractivity contribution in [3.05, 3.63) is 59.7 Å². The van der Waals surface area contributed by atoms with E-state index in [2.05, 4.69) is 75.6 Å². The maximum atomic E-state index is 13.4. The first kappa shape index (κ1) is 30.0. The molecule has 44 heavy (non-hydrogen) atoms. The number of aromatic nitrogens is 6. The number of halogens is 1. The second-order valence-corrected chi connectivity index (χ2v) is 15.1. The molecule has 12 nitrogen and oxygen atoms in total. The largest absolute Gasteiger partial charge is 0.494 e. The van der Waals surface area contributed by atoms with Crippen molar-refractivity contribution < 1.29 is 9.30 Å². The van der Waals surface area contributed by atoms with Crippen molar-refractivity contribution in [1.29, 1.82) is 0 Å². The van der Waals surface area contributed by atoms with Crippen molar-refractivity contribution in [2.75, 3.05) is 69.2 Å². The lowest BCUT2D eigenvalue weighted by molar-refractivity contribution is 0.313. The predicted octanol–water partition coefficient (Wildman–Crippen LogP) is 5.08. The highest BCUT2D eigenvalue weighted by molar-refractivity contribution is 9.10. The van der Waals surface area contributed by atoms with Crippen molar-refractivity contribution in [3.8, 4) is 16.9 Å². The minimum atomic E-state index is -2.75. The number of hydrogen-bond donors (Lipinski definition) is 2. The van der Waals surface area contributed by atoms with Gasteiger partial charge in [-0.15, -0.1) is 0 Å². The first-order valence-corrected chi connectivity index (χ1v) is 17.5. The smallest absolute Gasteiger partial charge is 0.229 e. The molecule has 1 aliphatic heterocycles. The number of rotatable bonds is 8. The molecule has 0 radical (unpaired) electrons. The van der Waals surface area contributed by atoms with Crippen molar-refractivity contribution >= 4 is 68.2 Å². The van der Waals surface area contributed by atoms with Crippen LogP contribution in [0.4, 0.5) is 28.8 Å². The van der Waals surface area contributed by atoms with E-state index in [0.717, 1.165) is 43.0 Å². The topological polar surface area (TPSA) is 126 Å². The van der Waals surface area contributed by atoms with E-state index in [1.54, 1.807) is 43.7 Å². The quantitative estimate of drug-likeness (QED) is 0.214. The molecular weight excluding hydrogens is 643 g/mol. The van der Waals surface area contributed by atoms with E-state index in [-0.39, 0.29) is 0 Å². The summed E-state index contributed by atoms with van der Waals surface area (Å²) in [5.74, 6) is 1.53. The summed E-state index contributed by atoms with van der Waals surface area (Å²) in [6.07, 6.45) is 8.78. The molecular formula is C30H34BrN10O2P. The second-order valence-electron chi connectivity index (χ2n) is 11.1. The number of likely N-dealkylation sites (N-methyl/N-ethyl adjacent to an activating group) is 1. The molecule has 4 heterocycles. The highest BCUT2D eigenvalue weighted by Crippen LogP contribution is 2.42. The number of fused-ring (bicyclic) bond motifs is 1. The number of hydrogen-bond acceptors (Lipinski definition) is 11. The third-order valence-electron chi connectivity index (χ3n) is 7.57. The highest BCUT2D eigenvalue weighted by atomic mass is 79.9. The van der Waals surface area contributed by atoms with E-state index in [9.17, 15) is 4.57 Å².